The number of amides is 1. The van der Waals surface area contributed by atoms with E-state index in [9.17, 15) is 14.0 Å². The molecule has 1 aliphatic heterocycles. The molecule has 0 bridgehead atoms. The van der Waals surface area contributed by atoms with Gasteiger partial charge < -0.3 is 9.84 Å². The molecule has 0 aliphatic carbocycles. The van der Waals surface area contributed by atoms with Crippen LogP contribution in [0.5, 0.6) is 0 Å². The number of rotatable bonds is 5. The van der Waals surface area contributed by atoms with E-state index in [2.05, 4.69) is 15.5 Å². The summed E-state index contributed by atoms with van der Waals surface area (Å²) in [5.41, 5.74) is 0.643. The molecule has 1 atom stereocenters. The molecular formula is C18H15FN4O3S. The fraction of sp³-hybridized carbons (Fsp3) is 0.222. The minimum Gasteiger partial charge on any atom is -0.356 e. The van der Waals surface area contributed by atoms with Gasteiger partial charge in [-0.1, -0.05) is 29.1 Å². The Labute approximate surface area is 157 Å². The smallest absolute Gasteiger partial charge is 0.254 e. The molecule has 0 saturated heterocycles. The van der Waals surface area contributed by atoms with Crippen LogP contribution in [-0.2, 0) is 11.3 Å². The van der Waals surface area contributed by atoms with Crippen molar-refractivity contribution in [1.29, 1.82) is 0 Å². The third-order valence-electron chi connectivity index (χ3n) is 4.20. The zero-order valence-electron chi connectivity index (χ0n) is 14.1. The minimum atomic E-state index is -0.402. The van der Waals surface area contributed by atoms with Gasteiger partial charge in [-0.2, -0.15) is 0 Å². The van der Waals surface area contributed by atoms with Crippen molar-refractivity contribution in [3.63, 3.8) is 0 Å². The van der Waals surface area contributed by atoms with Crippen LogP contribution >= 0.6 is 11.8 Å². The first-order valence-electron chi connectivity index (χ1n) is 8.29. The quantitative estimate of drug-likeness (QED) is 0.677. The number of carbonyl (C=O) groups excluding carboxylic acids is 1. The van der Waals surface area contributed by atoms with Gasteiger partial charge in [-0.15, -0.1) is 0 Å². The molecule has 1 aromatic carbocycles. The zero-order chi connectivity index (χ0) is 18.8. The Hall–Kier alpha value is -2.94. The molecule has 0 radical (unpaired) electrons. The van der Waals surface area contributed by atoms with Gasteiger partial charge in [-0.25, -0.2) is 9.37 Å². The van der Waals surface area contributed by atoms with Crippen molar-refractivity contribution in [3.8, 4) is 11.3 Å². The number of benzene rings is 1. The molecule has 3 heterocycles. The number of hydrogen-bond acceptors (Lipinski definition) is 6. The van der Waals surface area contributed by atoms with Crippen LogP contribution in [0.15, 0.2) is 57.1 Å². The van der Waals surface area contributed by atoms with Crippen LogP contribution in [0.1, 0.15) is 18.2 Å². The van der Waals surface area contributed by atoms with Crippen LogP contribution in [0, 0.1) is 5.82 Å². The van der Waals surface area contributed by atoms with E-state index in [-0.39, 0.29) is 30.5 Å². The van der Waals surface area contributed by atoms with Gasteiger partial charge in [0.1, 0.15) is 11.5 Å². The second kappa shape index (κ2) is 7.36. The van der Waals surface area contributed by atoms with Gasteiger partial charge in [0.15, 0.2) is 10.9 Å². The Morgan fingerprint density at radius 2 is 2.22 bits per heavy atom. The summed E-state index contributed by atoms with van der Waals surface area (Å²) in [5, 5.41) is 7.25. The number of nitrogens with zero attached hydrogens (tertiary/aromatic N) is 3. The van der Waals surface area contributed by atoms with Gasteiger partial charge in [0, 0.05) is 30.5 Å². The topological polar surface area (TPSA) is 90.0 Å². The predicted molar refractivity (Wildman–Crippen MR) is 96.6 cm³/mol. The van der Waals surface area contributed by atoms with Crippen molar-refractivity contribution in [1.82, 2.24) is 20.0 Å². The summed E-state index contributed by atoms with van der Waals surface area (Å²) >= 11 is 1.46. The maximum Gasteiger partial charge on any atom is 0.254 e. The number of carbonyl (C=O) groups is 1. The largest absolute Gasteiger partial charge is 0.356 e. The van der Waals surface area contributed by atoms with E-state index in [4.69, 9.17) is 4.52 Å². The molecule has 0 fully saturated rings. The molecule has 1 amide bonds. The SMILES string of the molecule is O=C(CC1CSc2nccc(=O)n21)NCc1cc(-c2ccccc2F)on1. The zero-order valence-corrected chi connectivity index (χ0v) is 14.9. The molecule has 7 nitrogen and oxygen atoms in total. The lowest BCUT2D eigenvalue weighted by atomic mass is 10.1. The highest BCUT2D eigenvalue weighted by atomic mass is 32.2. The molecule has 1 aliphatic rings. The molecule has 1 N–H and O–H groups in total. The summed E-state index contributed by atoms with van der Waals surface area (Å²) < 4.78 is 20.5. The van der Waals surface area contributed by atoms with Crippen LogP contribution in [0.3, 0.4) is 0 Å². The first-order valence-corrected chi connectivity index (χ1v) is 9.28. The van der Waals surface area contributed by atoms with Gasteiger partial charge >= 0.3 is 0 Å². The molecule has 138 valence electrons. The number of aromatic nitrogens is 3. The lowest BCUT2D eigenvalue weighted by Crippen LogP contribution is -2.30. The first-order chi connectivity index (χ1) is 13.1. The summed E-state index contributed by atoms with van der Waals surface area (Å²) in [7, 11) is 0. The van der Waals surface area contributed by atoms with E-state index >= 15 is 0 Å². The Bertz CT molecular complexity index is 1050. The molecule has 0 saturated carbocycles. The molecule has 0 spiro atoms. The van der Waals surface area contributed by atoms with E-state index in [0.717, 1.165) is 0 Å². The van der Waals surface area contributed by atoms with Crippen LogP contribution in [-0.4, -0.2) is 26.4 Å². The van der Waals surface area contributed by atoms with Gasteiger partial charge in [-0.05, 0) is 12.1 Å². The summed E-state index contributed by atoms with van der Waals surface area (Å²) in [4.78, 5) is 28.4. The van der Waals surface area contributed by atoms with Crippen molar-refractivity contribution in [3.05, 3.63) is 64.5 Å². The molecular weight excluding hydrogens is 371 g/mol. The molecule has 1 unspecified atom stereocenters. The number of hydrogen-bond donors (Lipinski definition) is 1. The van der Waals surface area contributed by atoms with Crippen molar-refractivity contribution < 1.29 is 13.7 Å². The highest BCUT2D eigenvalue weighted by Crippen LogP contribution is 2.31. The van der Waals surface area contributed by atoms with Crippen molar-refractivity contribution >= 4 is 17.7 Å². The van der Waals surface area contributed by atoms with Gasteiger partial charge in [-0.3, -0.25) is 14.2 Å². The Kier molecular flexibility index (Phi) is 4.76. The molecule has 27 heavy (non-hydrogen) atoms. The Balaban J connectivity index is 1.37. The highest BCUT2D eigenvalue weighted by molar-refractivity contribution is 7.99. The average molecular weight is 386 g/mol. The van der Waals surface area contributed by atoms with E-state index in [1.54, 1.807) is 28.8 Å². The van der Waals surface area contributed by atoms with E-state index < -0.39 is 5.82 Å². The van der Waals surface area contributed by atoms with E-state index in [1.165, 1.54) is 30.1 Å². The summed E-state index contributed by atoms with van der Waals surface area (Å²) in [6.45, 7) is 0.158. The molecule has 2 aromatic heterocycles. The van der Waals surface area contributed by atoms with Crippen molar-refractivity contribution in [2.24, 2.45) is 0 Å². The standard InChI is InChI=1S/C18H15FN4O3S/c19-14-4-2-1-3-13(14)15-7-11(22-26-15)9-21-16(24)8-12-10-27-18-20-6-5-17(25)23(12)18/h1-7,12H,8-10H2,(H,21,24). The fourth-order valence-corrected chi connectivity index (χ4v) is 4.02. The van der Waals surface area contributed by atoms with E-state index in [1.807, 2.05) is 0 Å². The number of nitrogens with one attached hydrogen (secondary N) is 1. The van der Waals surface area contributed by atoms with E-state index in [0.29, 0.717) is 27.9 Å². The number of halogens is 1. The first kappa shape index (κ1) is 17.5. The second-order valence-corrected chi connectivity index (χ2v) is 7.03. The Morgan fingerprint density at radius 3 is 3.07 bits per heavy atom. The van der Waals surface area contributed by atoms with Crippen LogP contribution < -0.4 is 10.9 Å². The second-order valence-electron chi connectivity index (χ2n) is 6.04. The predicted octanol–water partition coefficient (Wildman–Crippen LogP) is 2.39. The maximum atomic E-state index is 13.8. The Morgan fingerprint density at radius 1 is 1.37 bits per heavy atom. The number of thioether (sulfide) groups is 1. The molecule has 9 heteroatoms. The van der Waals surface area contributed by atoms with Gasteiger partial charge in [0.2, 0.25) is 5.91 Å². The summed E-state index contributed by atoms with van der Waals surface area (Å²) in [5.74, 6) is 0.317. The molecule has 3 aromatic rings. The maximum absolute atomic E-state index is 13.8. The monoisotopic (exact) mass is 386 g/mol. The van der Waals surface area contributed by atoms with Crippen LogP contribution in [0.2, 0.25) is 0 Å². The molecule has 4 rings (SSSR count). The lowest BCUT2D eigenvalue weighted by Gasteiger charge is -2.12. The van der Waals surface area contributed by atoms with Crippen LogP contribution in [0.4, 0.5) is 4.39 Å². The lowest BCUT2D eigenvalue weighted by molar-refractivity contribution is -0.121. The third kappa shape index (κ3) is 3.63. The summed E-state index contributed by atoms with van der Waals surface area (Å²) in [6.07, 6.45) is 1.64. The average Bonchev–Trinajstić information content (AvgIpc) is 3.29. The van der Waals surface area contributed by atoms with Crippen molar-refractivity contribution in [2.45, 2.75) is 24.2 Å². The van der Waals surface area contributed by atoms with Crippen molar-refractivity contribution in [2.75, 3.05) is 5.75 Å². The van der Waals surface area contributed by atoms with Gasteiger partial charge in [0.05, 0.1) is 18.2 Å². The van der Waals surface area contributed by atoms with Gasteiger partial charge in [0.25, 0.3) is 5.56 Å². The normalized spacial score (nSPS) is 15.5. The minimum absolute atomic E-state index is 0.158. The third-order valence-corrected chi connectivity index (χ3v) is 5.31. The van der Waals surface area contributed by atoms with Crippen LogP contribution in [0.25, 0.3) is 11.3 Å². The summed E-state index contributed by atoms with van der Waals surface area (Å²) in [6, 6.07) is 8.99. The fourth-order valence-electron chi connectivity index (χ4n) is 2.90. The highest BCUT2D eigenvalue weighted by Gasteiger charge is 2.26. The number of fused-ring (bicyclic) bond motifs is 1.